The van der Waals surface area contributed by atoms with Gasteiger partial charge in [0.2, 0.25) is 41.4 Å². The van der Waals surface area contributed by atoms with E-state index in [0.29, 0.717) is 111 Å². The predicted molar refractivity (Wildman–Crippen MR) is 456 cm³/mol. The highest BCUT2D eigenvalue weighted by Gasteiger charge is 2.35. The molecule has 0 saturated carbocycles. The van der Waals surface area contributed by atoms with Crippen LogP contribution in [0.4, 0.5) is 18.8 Å². The normalized spacial score (nSPS) is 13.3. The molecular weight excluding hydrogens is 1620 g/mol. The number of esters is 1. The molecule has 38 heteroatoms. The predicted octanol–water partition coefficient (Wildman–Crippen LogP) is 5.90. The zero-order valence-electron chi connectivity index (χ0n) is 73.1. The van der Waals surface area contributed by atoms with Crippen molar-refractivity contribution in [3.63, 3.8) is 0 Å². The Morgan fingerprint density at radius 1 is 0.492 bits per heavy atom. The highest BCUT2D eigenvalue weighted by atomic mass is 19.1. The first-order valence-electron chi connectivity index (χ1n) is 41.3. The number of benzene rings is 3. The molecule has 3 aromatic carbocycles. The van der Waals surface area contributed by atoms with Crippen LogP contribution in [0.1, 0.15) is 144 Å². The zero-order chi connectivity index (χ0) is 90.9. The Kier molecular flexibility index (Phi) is 42.3. The standard InChI is InChI=1S/C86H123FN14O23/c1-55(2)74(80(110)92-32-36-115-35-31-91-75(105)58-26-27-71(64(87)48-58)121-73(104)28-34-114-38-40-117-42-44-119-46-47-120-45-43-118-41-39-116-37-33-93-81(111)122-84(5,6)7)99-79(109)66(49-59-53-100(82(112)123-85(8,9)10)69-24-16-14-21-62(59)69)96-72(103)52-94-76(106)65(23-19-29-89-56(3)88)97-77(107)67(98-78(108)68(95-57(4)102)51-61-20-18-30-90-61)50-60-54-101(83(113)124-86(11,12)13)70-25-17-15-22-63(60)70/h14-17,20-22,24-27,30,48,53-55,65-68,74H,18-19,23,28-29,31-47,49-52H2,1-13H3,(H2,88,89)(H,91,105)(H,92,110)(H,93,111)(H,94,106)(H,95,102)(H,96,103)(H,97,107)(H,98,108)(H,99,109)/t65-,66-,67-,68-,74-/m0/s1. The maximum Gasteiger partial charge on any atom is 0.419 e. The van der Waals surface area contributed by atoms with Gasteiger partial charge in [0.1, 0.15) is 47.0 Å². The molecule has 1 aliphatic rings. The summed E-state index contributed by atoms with van der Waals surface area (Å²) in [5.74, 6) is -8.68. The lowest BCUT2D eigenvalue weighted by Gasteiger charge is -2.26. The smallest absolute Gasteiger partial charge is 0.419 e. The van der Waals surface area contributed by atoms with Gasteiger partial charge in [0, 0.05) is 99.4 Å². The number of nitrogens with one attached hydrogen (secondary N) is 11. The van der Waals surface area contributed by atoms with Gasteiger partial charge in [-0.3, -0.25) is 62.7 Å². The third-order valence-electron chi connectivity index (χ3n) is 17.8. The van der Waals surface area contributed by atoms with Gasteiger partial charge in [-0.1, -0.05) is 56.3 Å². The molecule has 0 spiro atoms. The fraction of sp³-hybridized carbons (Fsp3) is 0.558. The Morgan fingerprint density at radius 2 is 0.960 bits per heavy atom. The summed E-state index contributed by atoms with van der Waals surface area (Å²) in [6.07, 6.45) is 4.26. The van der Waals surface area contributed by atoms with Crippen LogP contribution < -0.4 is 57.9 Å². The molecule has 5 aromatic rings. The lowest BCUT2D eigenvalue weighted by molar-refractivity contribution is -0.136. The van der Waals surface area contributed by atoms with Crippen molar-refractivity contribution >= 4 is 105 Å². The summed E-state index contributed by atoms with van der Waals surface area (Å²) < 4.78 is 77.8. The number of carbonyl (C=O) groups excluding carboxylic acids is 12. The molecule has 9 amide bonds. The summed E-state index contributed by atoms with van der Waals surface area (Å²) in [5.41, 5.74) is -0.277. The number of ether oxygens (including phenoxy) is 11. The van der Waals surface area contributed by atoms with E-state index in [0.717, 1.165) is 12.1 Å². The first-order chi connectivity index (χ1) is 58.8. The monoisotopic (exact) mass is 1740 g/mol. The average Bonchev–Trinajstić information content (AvgIpc) is 1.64. The number of hydrogen-bond acceptors (Lipinski definition) is 25. The number of amides is 9. The molecule has 2 aromatic heterocycles. The van der Waals surface area contributed by atoms with E-state index in [1.807, 2.05) is 0 Å². The van der Waals surface area contributed by atoms with Crippen LogP contribution in [0, 0.1) is 17.1 Å². The van der Waals surface area contributed by atoms with Crippen molar-refractivity contribution in [2.24, 2.45) is 10.9 Å². The SMILES string of the molecule is CC(=N)NCCC[C@H](NC(=O)[C@H](Cc1cn(C(=O)OC(C)(C)C)c2ccccc12)NC(=O)[C@H](CC1=CCC=N1)NC(C)=O)C(=O)NCC(=O)N[C@@H](Cc1cn(C(=O)OC(C)(C)C)c2ccccc12)C(=O)N[C@H](C(=O)NCCOCCNC(=O)c1ccc(OC(=O)CCOCCOCCOCCOCCOCCOCCNC(=O)OC(C)(C)C)c(F)c1)C(C)C. The molecule has 0 fully saturated rings. The number of aromatic nitrogens is 2. The summed E-state index contributed by atoms with van der Waals surface area (Å²) in [6.45, 7) is 24.7. The van der Waals surface area contributed by atoms with E-state index in [4.69, 9.17) is 57.5 Å². The number of carbonyl (C=O) groups is 12. The number of rotatable bonds is 52. The molecule has 0 saturated heterocycles. The Bertz CT molecular complexity index is 4470. The number of halogens is 1. The molecular formula is C86H123FN14O23. The van der Waals surface area contributed by atoms with Gasteiger partial charge in [-0.25, -0.2) is 18.8 Å². The Hall–Kier alpha value is -11.3. The van der Waals surface area contributed by atoms with E-state index in [1.54, 1.807) is 137 Å². The van der Waals surface area contributed by atoms with E-state index in [1.165, 1.54) is 41.4 Å². The van der Waals surface area contributed by atoms with E-state index in [9.17, 15) is 52.7 Å². The second-order valence-corrected chi connectivity index (χ2v) is 32.2. The highest BCUT2D eigenvalue weighted by molar-refractivity contribution is 5.99. The minimum Gasteiger partial charge on any atom is -0.444 e. The molecule has 0 bridgehead atoms. The van der Waals surface area contributed by atoms with Gasteiger partial charge < -0.3 is 105 Å². The second kappa shape index (κ2) is 51.7. The molecule has 0 aliphatic carbocycles. The summed E-state index contributed by atoms with van der Waals surface area (Å²) in [5, 5.41) is 36.0. The van der Waals surface area contributed by atoms with Crippen LogP contribution in [-0.2, 0) is 98.6 Å². The van der Waals surface area contributed by atoms with Gasteiger partial charge in [0.05, 0.1) is 122 Å². The van der Waals surface area contributed by atoms with Crippen molar-refractivity contribution in [2.45, 2.75) is 182 Å². The van der Waals surface area contributed by atoms with Gasteiger partial charge >= 0.3 is 24.2 Å². The first kappa shape index (κ1) is 102. The molecule has 0 unspecified atom stereocenters. The minimum absolute atomic E-state index is 0.0251. The van der Waals surface area contributed by atoms with Crippen molar-refractivity contribution in [1.82, 2.24) is 62.3 Å². The highest BCUT2D eigenvalue weighted by Crippen LogP contribution is 2.28. The van der Waals surface area contributed by atoms with Gasteiger partial charge in [-0.05, 0) is 129 Å². The molecule has 124 heavy (non-hydrogen) atoms. The van der Waals surface area contributed by atoms with Gasteiger partial charge in [0.25, 0.3) is 5.91 Å². The molecule has 6 rings (SSSR count). The van der Waals surface area contributed by atoms with E-state index in [2.05, 4.69) is 58.2 Å². The number of aliphatic imine (C=N–C) groups is 1. The summed E-state index contributed by atoms with van der Waals surface area (Å²) in [7, 11) is 0. The minimum atomic E-state index is -1.50. The number of amidine groups is 1. The van der Waals surface area contributed by atoms with Crippen LogP contribution in [0.2, 0.25) is 0 Å². The summed E-state index contributed by atoms with van der Waals surface area (Å²) >= 11 is 0. The second-order valence-electron chi connectivity index (χ2n) is 32.2. The van der Waals surface area contributed by atoms with Crippen LogP contribution in [-0.4, -0.2) is 265 Å². The fourth-order valence-electron chi connectivity index (χ4n) is 12.1. The first-order valence-corrected chi connectivity index (χ1v) is 41.3. The third kappa shape index (κ3) is 37.8. The van der Waals surface area contributed by atoms with Gasteiger partial charge in [0.15, 0.2) is 11.6 Å². The number of fused-ring (bicyclic) bond motifs is 2. The van der Waals surface area contributed by atoms with Gasteiger partial charge in [-0.15, -0.1) is 0 Å². The fourth-order valence-corrected chi connectivity index (χ4v) is 12.1. The van der Waals surface area contributed by atoms with Crippen molar-refractivity contribution in [3.8, 4) is 5.75 Å². The lowest BCUT2D eigenvalue weighted by Crippen LogP contribution is -2.58. The third-order valence-corrected chi connectivity index (χ3v) is 17.8. The number of alkyl carbamates (subject to hydrolysis) is 1. The zero-order valence-corrected chi connectivity index (χ0v) is 73.1. The summed E-state index contributed by atoms with van der Waals surface area (Å²) in [6, 6.07) is 10.1. The quantitative estimate of drug-likeness (QED) is 0.00539. The topological polar surface area (TPSA) is 473 Å². The average molecular weight is 1740 g/mol. The largest absolute Gasteiger partial charge is 0.444 e. The molecule has 37 nitrogen and oxygen atoms in total. The molecule has 11 N–H and O–H groups in total. The van der Waals surface area contributed by atoms with Gasteiger partial charge in [-0.2, -0.15) is 0 Å². The Balaban J connectivity index is 1.00. The number of nitrogens with zero attached hydrogens (tertiary/aromatic N) is 3. The number of allylic oxidation sites excluding steroid dienone is 1. The van der Waals surface area contributed by atoms with Crippen LogP contribution in [0.3, 0.4) is 0 Å². The van der Waals surface area contributed by atoms with Crippen LogP contribution >= 0.6 is 0 Å². The van der Waals surface area contributed by atoms with Crippen molar-refractivity contribution < 1.29 is 114 Å². The van der Waals surface area contributed by atoms with E-state index < -0.39 is 143 Å². The maximum atomic E-state index is 15.1. The van der Waals surface area contributed by atoms with Crippen molar-refractivity contribution in [3.05, 3.63) is 113 Å². The van der Waals surface area contributed by atoms with Crippen LogP contribution in [0.5, 0.6) is 5.75 Å². The molecule has 1 aliphatic heterocycles. The van der Waals surface area contributed by atoms with E-state index in [-0.39, 0.29) is 103 Å². The van der Waals surface area contributed by atoms with Crippen molar-refractivity contribution in [1.29, 1.82) is 5.41 Å². The van der Waals surface area contributed by atoms with E-state index >= 15 is 9.18 Å². The molecule has 682 valence electrons. The number of para-hydroxylation sites is 2. The number of hydrogen-bond donors (Lipinski definition) is 11. The molecule has 3 heterocycles. The molecule has 0 radical (unpaired) electrons. The van der Waals surface area contributed by atoms with Crippen molar-refractivity contribution in [2.75, 3.05) is 125 Å². The van der Waals surface area contributed by atoms with Crippen LogP contribution in [0.25, 0.3) is 21.8 Å². The Labute approximate surface area is 721 Å². The lowest BCUT2D eigenvalue weighted by atomic mass is 10.0. The Morgan fingerprint density at radius 3 is 1.45 bits per heavy atom. The molecule has 5 atom stereocenters. The summed E-state index contributed by atoms with van der Waals surface area (Å²) in [4.78, 5) is 169. The van der Waals surface area contributed by atoms with Crippen LogP contribution in [0.15, 0.2) is 95.9 Å². The maximum absolute atomic E-state index is 15.1.